The summed E-state index contributed by atoms with van der Waals surface area (Å²) in [5.41, 5.74) is 0.503. The van der Waals surface area contributed by atoms with Gasteiger partial charge in [0.15, 0.2) is 11.5 Å². The van der Waals surface area contributed by atoms with E-state index in [1.165, 1.54) is 6.07 Å². The molecule has 0 bridgehead atoms. The van der Waals surface area contributed by atoms with Gasteiger partial charge in [-0.05, 0) is 29.8 Å². The average Bonchev–Trinajstić information content (AvgIpc) is 2.59. The zero-order valence-corrected chi connectivity index (χ0v) is 14.0. The van der Waals surface area contributed by atoms with Crippen molar-refractivity contribution in [2.24, 2.45) is 0 Å². The number of hydrogen-bond donors (Lipinski definition) is 2. The van der Waals surface area contributed by atoms with Crippen molar-refractivity contribution in [3.8, 4) is 17.2 Å². The van der Waals surface area contributed by atoms with Gasteiger partial charge >= 0.3 is 6.36 Å². The van der Waals surface area contributed by atoms with Gasteiger partial charge in [-0.1, -0.05) is 11.6 Å². The first-order valence-corrected chi connectivity index (χ1v) is 7.92. The first-order valence-electron chi connectivity index (χ1n) is 7.54. The zero-order valence-electron chi connectivity index (χ0n) is 13.2. The molecular weight excluding hydrogens is 377 g/mol. The van der Waals surface area contributed by atoms with E-state index in [-0.39, 0.29) is 12.4 Å². The fourth-order valence-corrected chi connectivity index (χ4v) is 2.59. The van der Waals surface area contributed by atoms with E-state index < -0.39 is 18.2 Å². The Bertz CT molecular complexity index is 771. The van der Waals surface area contributed by atoms with Crippen LogP contribution in [-0.2, 0) is 0 Å². The van der Waals surface area contributed by atoms with Crippen LogP contribution in [0.2, 0.25) is 5.02 Å². The number of pyridine rings is 1. The fraction of sp³-hybridized carbons (Fsp3) is 0.312. The summed E-state index contributed by atoms with van der Waals surface area (Å²) in [4.78, 5) is 3.80. The van der Waals surface area contributed by atoms with Crippen molar-refractivity contribution in [3.05, 3.63) is 41.0 Å². The summed E-state index contributed by atoms with van der Waals surface area (Å²) >= 11 is 6.12. The van der Waals surface area contributed by atoms with E-state index in [0.717, 1.165) is 12.3 Å². The SMILES string of the molecule is OC(CNc1ccc(OC(F)(F)F)cn1)c1cc(Cl)c2c(c1)OCCO2. The van der Waals surface area contributed by atoms with Crippen LogP contribution in [0.3, 0.4) is 0 Å². The van der Waals surface area contributed by atoms with E-state index in [4.69, 9.17) is 21.1 Å². The molecule has 1 unspecified atom stereocenters. The number of aliphatic hydroxyl groups excluding tert-OH is 1. The molecule has 1 aromatic carbocycles. The summed E-state index contributed by atoms with van der Waals surface area (Å²) in [5, 5.41) is 13.4. The molecule has 0 aliphatic carbocycles. The Morgan fingerprint density at radius 1 is 1.27 bits per heavy atom. The Kier molecular flexibility index (Phi) is 5.28. The van der Waals surface area contributed by atoms with Gasteiger partial charge in [-0.25, -0.2) is 4.98 Å². The number of nitrogens with zero attached hydrogens (tertiary/aromatic N) is 1. The van der Waals surface area contributed by atoms with E-state index >= 15 is 0 Å². The lowest BCUT2D eigenvalue weighted by Gasteiger charge is -2.21. The molecule has 0 spiro atoms. The average molecular weight is 391 g/mol. The number of halogens is 4. The number of ether oxygens (including phenoxy) is 3. The zero-order chi connectivity index (χ0) is 18.7. The third-order valence-electron chi connectivity index (χ3n) is 3.45. The number of benzene rings is 1. The Morgan fingerprint density at radius 3 is 2.73 bits per heavy atom. The smallest absolute Gasteiger partial charge is 0.486 e. The van der Waals surface area contributed by atoms with Crippen molar-refractivity contribution in [2.75, 3.05) is 25.1 Å². The van der Waals surface area contributed by atoms with Gasteiger partial charge in [0.05, 0.1) is 17.3 Å². The minimum Gasteiger partial charge on any atom is -0.486 e. The van der Waals surface area contributed by atoms with Crippen LogP contribution < -0.4 is 19.5 Å². The van der Waals surface area contributed by atoms with Crippen molar-refractivity contribution >= 4 is 17.4 Å². The van der Waals surface area contributed by atoms with Gasteiger partial charge in [0.25, 0.3) is 0 Å². The molecule has 1 aliphatic heterocycles. The minimum atomic E-state index is -4.77. The highest BCUT2D eigenvalue weighted by Crippen LogP contribution is 2.39. The van der Waals surface area contributed by atoms with E-state index in [9.17, 15) is 18.3 Å². The first-order chi connectivity index (χ1) is 12.3. The molecule has 2 aromatic rings. The summed E-state index contributed by atoms with van der Waals surface area (Å²) in [5.74, 6) is 0.734. The van der Waals surface area contributed by atoms with Gasteiger partial charge in [-0.15, -0.1) is 13.2 Å². The number of aromatic nitrogens is 1. The van der Waals surface area contributed by atoms with Crippen molar-refractivity contribution in [2.45, 2.75) is 12.5 Å². The molecule has 140 valence electrons. The molecule has 2 N–H and O–H groups in total. The second kappa shape index (κ2) is 7.46. The highest BCUT2D eigenvalue weighted by Gasteiger charge is 2.31. The fourth-order valence-electron chi connectivity index (χ4n) is 2.32. The molecule has 0 saturated heterocycles. The van der Waals surface area contributed by atoms with Crippen LogP contribution in [-0.4, -0.2) is 36.2 Å². The van der Waals surface area contributed by atoms with Crippen molar-refractivity contribution in [3.63, 3.8) is 0 Å². The Balaban J connectivity index is 1.62. The Labute approximate surface area is 151 Å². The number of fused-ring (bicyclic) bond motifs is 1. The summed E-state index contributed by atoms with van der Waals surface area (Å²) in [6.45, 7) is 0.843. The lowest BCUT2D eigenvalue weighted by Crippen LogP contribution is -2.18. The normalized spacial score (nSPS) is 14.7. The van der Waals surface area contributed by atoms with Crippen molar-refractivity contribution < 1.29 is 32.5 Å². The van der Waals surface area contributed by atoms with Gasteiger partial charge in [0.1, 0.15) is 24.8 Å². The van der Waals surface area contributed by atoms with E-state index in [2.05, 4.69) is 15.0 Å². The molecule has 2 heterocycles. The molecule has 3 rings (SSSR count). The summed E-state index contributed by atoms with van der Waals surface area (Å²) in [6.07, 6.45) is -4.79. The van der Waals surface area contributed by atoms with Gasteiger partial charge < -0.3 is 24.6 Å². The molecule has 0 saturated carbocycles. The standard InChI is InChI=1S/C16H14ClF3N2O4/c17-11-5-9(6-13-15(11)25-4-3-24-13)12(23)8-22-14-2-1-10(7-21-14)26-16(18,19)20/h1-2,5-7,12,23H,3-4,8H2,(H,21,22). The lowest BCUT2D eigenvalue weighted by atomic mass is 10.1. The van der Waals surface area contributed by atoms with Gasteiger partial charge in [0.2, 0.25) is 0 Å². The van der Waals surface area contributed by atoms with E-state index in [1.807, 2.05) is 0 Å². The monoisotopic (exact) mass is 390 g/mol. The number of nitrogens with one attached hydrogen (secondary N) is 1. The molecule has 1 aliphatic rings. The highest BCUT2D eigenvalue weighted by molar-refractivity contribution is 6.32. The third-order valence-corrected chi connectivity index (χ3v) is 3.73. The summed E-state index contributed by atoms with van der Waals surface area (Å²) < 4.78 is 50.9. The summed E-state index contributed by atoms with van der Waals surface area (Å²) in [6, 6.07) is 5.62. The van der Waals surface area contributed by atoms with Crippen LogP contribution in [0.25, 0.3) is 0 Å². The van der Waals surface area contributed by atoms with Crippen LogP contribution in [0.5, 0.6) is 17.2 Å². The molecule has 1 aromatic heterocycles. The maximum atomic E-state index is 12.1. The van der Waals surface area contributed by atoms with Crippen LogP contribution in [0.4, 0.5) is 19.0 Å². The van der Waals surface area contributed by atoms with E-state index in [1.54, 1.807) is 12.1 Å². The van der Waals surface area contributed by atoms with Gasteiger partial charge in [0, 0.05) is 6.54 Å². The van der Waals surface area contributed by atoms with Crippen LogP contribution >= 0.6 is 11.6 Å². The Hall–Kier alpha value is -2.39. The molecule has 10 heteroatoms. The number of rotatable bonds is 5. The largest absolute Gasteiger partial charge is 0.573 e. The predicted molar refractivity (Wildman–Crippen MR) is 86.8 cm³/mol. The van der Waals surface area contributed by atoms with Crippen LogP contribution in [0.1, 0.15) is 11.7 Å². The number of aliphatic hydroxyl groups is 1. The topological polar surface area (TPSA) is 72.8 Å². The van der Waals surface area contributed by atoms with E-state index in [0.29, 0.717) is 35.3 Å². The minimum absolute atomic E-state index is 0.0580. The predicted octanol–water partition coefficient (Wildman–Crippen LogP) is 3.55. The van der Waals surface area contributed by atoms with Crippen molar-refractivity contribution in [1.82, 2.24) is 4.98 Å². The number of hydrogen-bond acceptors (Lipinski definition) is 6. The molecule has 0 amide bonds. The number of alkyl halides is 3. The highest BCUT2D eigenvalue weighted by atomic mass is 35.5. The molecular formula is C16H14ClF3N2O4. The second-order valence-corrected chi connectivity index (χ2v) is 5.76. The van der Waals surface area contributed by atoms with Gasteiger partial charge in [-0.2, -0.15) is 0 Å². The Morgan fingerprint density at radius 2 is 2.04 bits per heavy atom. The second-order valence-electron chi connectivity index (χ2n) is 5.35. The van der Waals surface area contributed by atoms with Crippen LogP contribution in [0.15, 0.2) is 30.5 Å². The first kappa shape index (κ1) is 18.4. The molecule has 1 atom stereocenters. The van der Waals surface area contributed by atoms with Crippen LogP contribution in [0, 0.1) is 0 Å². The third kappa shape index (κ3) is 4.61. The molecule has 26 heavy (non-hydrogen) atoms. The number of anilines is 1. The molecule has 0 radical (unpaired) electrons. The van der Waals surface area contributed by atoms with Crippen molar-refractivity contribution in [1.29, 1.82) is 0 Å². The molecule has 0 fully saturated rings. The lowest BCUT2D eigenvalue weighted by molar-refractivity contribution is -0.274. The summed E-state index contributed by atoms with van der Waals surface area (Å²) in [7, 11) is 0. The maximum absolute atomic E-state index is 12.1. The quantitative estimate of drug-likeness (QED) is 0.813. The maximum Gasteiger partial charge on any atom is 0.573 e. The molecule has 6 nitrogen and oxygen atoms in total. The van der Waals surface area contributed by atoms with Gasteiger partial charge in [-0.3, -0.25) is 0 Å².